The Hall–Kier alpha value is -2.79. The van der Waals surface area contributed by atoms with Crippen molar-refractivity contribution in [3.8, 4) is 5.75 Å². The van der Waals surface area contributed by atoms with Gasteiger partial charge >= 0.3 is 6.18 Å². The summed E-state index contributed by atoms with van der Waals surface area (Å²) in [6.45, 7) is 0.630. The number of carbonyl (C=O) groups excluding carboxylic acids is 1. The van der Waals surface area contributed by atoms with Crippen molar-refractivity contribution in [2.24, 2.45) is 5.10 Å². The molecule has 2 aromatic rings. The van der Waals surface area contributed by atoms with Gasteiger partial charge in [-0.15, -0.1) is 0 Å². The van der Waals surface area contributed by atoms with E-state index in [1.54, 1.807) is 18.2 Å². The van der Waals surface area contributed by atoms with Crippen LogP contribution in [0.4, 0.5) is 18.9 Å². The minimum atomic E-state index is -4.73. The van der Waals surface area contributed by atoms with Gasteiger partial charge in [0.05, 0.1) is 28.2 Å². The molecule has 0 saturated heterocycles. The molecule has 0 heterocycles. The highest BCUT2D eigenvalue weighted by Gasteiger charge is 2.33. The zero-order chi connectivity index (χ0) is 22.7. The van der Waals surface area contributed by atoms with Crippen LogP contribution in [-0.4, -0.2) is 37.9 Å². The number of phenolic OH excluding ortho intramolecular Hbond substituents is 1. The molecule has 0 fully saturated rings. The lowest BCUT2D eigenvalue weighted by atomic mass is 10.1. The minimum absolute atomic E-state index is 0.0819. The smallest absolute Gasteiger partial charge is 0.416 e. The Balaban J connectivity index is 2.29. The zero-order valence-electron chi connectivity index (χ0n) is 15.7. The first-order valence-corrected chi connectivity index (χ1v) is 10.5. The van der Waals surface area contributed by atoms with Gasteiger partial charge < -0.3 is 5.11 Å². The van der Waals surface area contributed by atoms with E-state index >= 15 is 0 Å². The van der Waals surface area contributed by atoms with E-state index in [0.29, 0.717) is 22.0 Å². The van der Waals surface area contributed by atoms with Gasteiger partial charge in [0.2, 0.25) is 10.0 Å². The number of halogens is 4. The Morgan fingerprint density at radius 1 is 1.23 bits per heavy atom. The summed E-state index contributed by atoms with van der Waals surface area (Å²) >= 11 is 5.90. The lowest BCUT2D eigenvalue weighted by molar-refractivity contribution is -0.137. The van der Waals surface area contributed by atoms with Crippen molar-refractivity contribution >= 4 is 38.9 Å². The first-order chi connectivity index (χ1) is 13.8. The zero-order valence-corrected chi connectivity index (χ0v) is 17.3. The number of amides is 1. The van der Waals surface area contributed by atoms with E-state index in [4.69, 9.17) is 11.6 Å². The van der Waals surface area contributed by atoms with Crippen LogP contribution in [0.1, 0.15) is 18.1 Å². The molecule has 0 aromatic heterocycles. The summed E-state index contributed by atoms with van der Waals surface area (Å²) in [7, 11) is -4.16. The molecule has 2 rings (SSSR count). The van der Waals surface area contributed by atoms with Crippen molar-refractivity contribution in [3.63, 3.8) is 0 Å². The van der Waals surface area contributed by atoms with Crippen LogP contribution in [0, 0.1) is 0 Å². The maximum Gasteiger partial charge on any atom is 0.416 e. The molecule has 0 aliphatic heterocycles. The number of sulfonamides is 1. The Morgan fingerprint density at radius 2 is 1.87 bits per heavy atom. The first kappa shape index (κ1) is 23.5. The molecule has 162 valence electrons. The third-order valence-corrected chi connectivity index (χ3v) is 5.32. The van der Waals surface area contributed by atoms with Gasteiger partial charge in [-0.05, 0) is 37.3 Å². The molecule has 2 aromatic carbocycles. The molecule has 12 heteroatoms. The standard InChI is InChI=1S/C18H17ClF3N3O4S/c1-11(13-5-3-4-6-16(13)26)23-24-17(27)10-25(30(2,28)29)15-9-12(18(20,21)22)7-8-14(15)19/h3-9,26H,10H2,1-2H3,(H,24,27)/b23-11+. The van der Waals surface area contributed by atoms with Gasteiger partial charge in [0.25, 0.3) is 5.91 Å². The van der Waals surface area contributed by atoms with E-state index in [1.165, 1.54) is 13.0 Å². The summed E-state index contributed by atoms with van der Waals surface area (Å²) in [5, 5.41) is 13.3. The van der Waals surface area contributed by atoms with Crippen LogP contribution in [0.3, 0.4) is 0 Å². The van der Waals surface area contributed by atoms with E-state index in [-0.39, 0.29) is 16.5 Å². The fourth-order valence-electron chi connectivity index (χ4n) is 2.41. The third-order valence-electron chi connectivity index (χ3n) is 3.87. The second-order valence-electron chi connectivity index (χ2n) is 6.18. The monoisotopic (exact) mass is 463 g/mol. The van der Waals surface area contributed by atoms with Crippen LogP contribution < -0.4 is 9.73 Å². The van der Waals surface area contributed by atoms with Crippen molar-refractivity contribution < 1.29 is 31.5 Å². The summed E-state index contributed by atoms with van der Waals surface area (Å²) in [6, 6.07) is 8.34. The molecule has 30 heavy (non-hydrogen) atoms. The van der Waals surface area contributed by atoms with Crippen molar-refractivity contribution in [1.82, 2.24) is 5.43 Å². The van der Waals surface area contributed by atoms with Crippen LogP contribution >= 0.6 is 11.6 Å². The number of aromatic hydroxyl groups is 1. The van der Waals surface area contributed by atoms with Crippen LogP contribution in [0.15, 0.2) is 47.6 Å². The van der Waals surface area contributed by atoms with Crippen molar-refractivity contribution in [2.45, 2.75) is 13.1 Å². The summed E-state index contributed by atoms with van der Waals surface area (Å²) in [4.78, 5) is 12.2. The van der Waals surface area contributed by atoms with Gasteiger partial charge in [-0.1, -0.05) is 23.7 Å². The quantitative estimate of drug-likeness (QED) is 0.507. The maximum atomic E-state index is 13.0. The lowest BCUT2D eigenvalue weighted by Gasteiger charge is -2.23. The van der Waals surface area contributed by atoms with Gasteiger partial charge in [0, 0.05) is 5.56 Å². The highest BCUT2D eigenvalue weighted by Crippen LogP contribution is 2.36. The summed E-state index contributed by atoms with van der Waals surface area (Å²) in [5.41, 5.74) is 1.05. The van der Waals surface area contributed by atoms with Gasteiger partial charge in [-0.3, -0.25) is 9.10 Å². The molecule has 0 atom stereocenters. The highest BCUT2D eigenvalue weighted by molar-refractivity contribution is 7.92. The van der Waals surface area contributed by atoms with Crippen LogP contribution in [0.2, 0.25) is 5.02 Å². The number of nitrogens with one attached hydrogen (secondary N) is 1. The van der Waals surface area contributed by atoms with Crippen molar-refractivity contribution in [2.75, 3.05) is 17.1 Å². The number of hydrogen-bond acceptors (Lipinski definition) is 5. The average Bonchev–Trinajstić information content (AvgIpc) is 2.63. The highest BCUT2D eigenvalue weighted by atomic mass is 35.5. The normalized spacial score (nSPS) is 12.5. The van der Waals surface area contributed by atoms with E-state index in [2.05, 4.69) is 10.5 Å². The number of rotatable bonds is 6. The molecule has 2 N–H and O–H groups in total. The number of alkyl halides is 3. The fraction of sp³-hybridized carbons (Fsp3) is 0.222. The third kappa shape index (κ3) is 5.86. The van der Waals surface area contributed by atoms with Crippen LogP contribution in [0.25, 0.3) is 0 Å². The summed E-state index contributed by atoms with van der Waals surface area (Å²) in [5.74, 6) is -1.01. The van der Waals surface area contributed by atoms with Gasteiger partial charge in [0.15, 0.2) is 0 Å². The van der Waals surface area contributed by atoms with Gasteiger partial charge in [-0.25, -0.2) is 13.8 Å². The molecular weight excluding hydrogens is 447 g/mol. The maximum absolute atomic E-state index is 13.0. The Labute approximate surface area is 175 Å². The largest absolute Gasteiger partial charge is 0.507 e. The van der Waals surface area contributed by atoms with Crippen LogP contribution in [-0.2, 0) is 21.0 Å². The van der Waals surface area contributed by atoms with E-state index in [0.717, 1.165) is 12.3 Å². The average molecular weight is 464 g/mol. The summed E-state index contributed by atoms with van der Waals surface area (Å²) < 4.78 is 63.7. The molecule has 0 aliphatic rings. The number of benzene rings is 2. The second-order valence-corrected chi connectivity index (χ2v) is 8.50. The predicted octanol–water partition coefficient (Wildman–Crippen LogP) is 3.37. The first-order valence-electron chi connectivity index (χ1n) is 8.26. The molecular formula is C18H17ClF3N3O4S. The Bertz CT molecular complexity index is 1090. The molecule has 0 saturated carbocycles. The number of phenols is 1. The van der Waals surface area contributed by atoms with Crippen LogP contribution in [0.5, 0.6) is 5.75 Å². The topological polar surface area (TPSA) is 99.1 Å². The predicted molar refractivity (Wildman–Crippen MR) is 107 cm³/mol. The molecule has 1 amide bonds. The minimum Gasteiger partial charge on any atom is -0.507 e. The van der Waals surface area contributed by atoms with E-state index in [1.807, 2.05) is 0 Å². The Kier molecular flexibility index (Phi) is 6.99. The number of carbonyl (C=O) groups is 1. The SMILES string of the molecule is C/C(=N\NC(=O)CN(c1cc(C(F)(F)F)ccc1Cl)S(C)(=O)=O)c1ccccc1O. The number of hydrazone groups is 1. The molecule has 7 nitrogen and oxygen atoms in total. The second kappa shape index (κ2) is 8.92. The summed E-state index contributed by atoms with van der Waals surface area (Å²) in [6.07, 6.45) is -4.00. The molecule has 0 spiro atoms. The molecule has 0 radical (unpaired) electrons. The van der Waals surface area contributed by atoms with Gasteiger partial charge in [-0.2, -0.15) is 18.3 Å². The van der Waals surface area contributed by atoms with Crippen molar-refractivity contribution in [1.29, 1.82) is 0 Å². The molecule has 0 unspecified atom stereocenters. The van der Waals surface area contributed by atoms with Gasteiger partial charge in [0.1, 0.15) is 12.3 Å². The number of hydrogen-bond donors (Lipinski definition) is 2. The Morgan fingerprint density at radius 3 is 2.43 bits per heavy atom. The number of para-hydroxylation sites is 1. The van der Waals surface area contributed by atoms with Crippen molar-refractivity contribution in [3.05, 3.63) is 58.6 Å². The number of nitrogens with zero attached hydrogens (tertiary/aromatic N) is 2. The van der Waals surface area contributed by atoms with E-state index < -0.39 is 39.9 Å². The molecule has 0 bridgehead atoms. The fourth-order valence-corrected chi connectivity index (χ4v) is 3.54. The number of anilines is 1. The molecule has 0 aliphatic carbocycles. The lowest BCUT2D eigenvalue weighted by Crippen LogP contribution is -2.39. The van der Waals surface area contributed by atoms with E-state index in [9.17, 15) is 31.5 Å².